The Morgan fingerprint density at radius 2 is 2.38 bits per heavy atom. The number of nitrogens with zero attached hydrogens (tertiary/aromatic N) is 1. The molecule has 0 aromatic carbocycles. The van der Waals surface area contributed by atoms with Gasteiger partial charge in [0.1, 0.15) is 0 Å². The van der Waals surface area contributed by atoms with E-state index in [1.807, 2.05) is 11.8 Å². The molecule has 0 radical (unpaired) electrons. The van der Waals surface area contributed by atoms with Gasteiger partial charge in [0.25, 0.3) is 0 Å². The fraction of sp³-hybridized carbons (Fsp3) is 0.889. The highest BCUT2D eigenvalue weighted by Crippen LogP contribution is 2.24. The van der Waals surface area contributed by atoms with Crippen molar-refractivity contribution >= 4 is 16.9 Å². The van der Waals surface area contributed by atoms with Crippen LogP contribution in [0, 0.1) is 0 Å². The van der Waals surface area contributed by atoms with E-state index in [1.165, 1.54) is 12.2 Å². The van der Waals surface area contributed by atoms with Crippen molar-refractivity contribution in [1.82, 2.24) is 5.32 Å². The summed E-state index contributed by atoms with van der Waals surface area (Å²) in [7, 11) is 1.79. The van der Waals surface area contributed by atoms with E-state index >= 15 is 0 Å². The Hall–Kier alpha value is -0.220. The summed E-state index contributed by atoms with van der Waals surface area (Å²) in [6.45, 7) is 0.996. The highest BCUT2D eigenvalue weighted by Gasteiger charge is 2.29. The van der Waals surface area contributed by atoms with E-state index in [4.69, 9.17) is 4.74 Å². The van der Waals surface area contributed by atoms with E-state index in [2.05, 4.69) is 10.3 Å². The lowest BCUT2D eigenvalue weighted by atomic mass is 9.89. The average Bonchev–Trinajstić information content (AvgIpc) is 2.12. The van der Waals surface area contributed by atoms with Gasteiger partial charge in [-0.15, -0.1) is 0 Å². The lowest BCUT2D eigenvalue weighted by molar-refractivity contribution is 0.0228. The van der Waals surface area contributed by atoms with E-state index in [0.717, 1.165) is 24.6 Å². The Labute approximate surface area is 83.3 Å². The van der Waals surface area contributed by atoms with Gasteiger partial charge in [-0.2, -0.15) is 0 Å². The molecule has 1 fully saturated rings. The number of hydrogen-bond acceptors (Lipinski definition) is 4. The second-order valence-electron chi connectivity index (χ2n) is 3.56. The molecule has 0 atom stereocenters. The molecule has 2 aliphatic rings. The molecule has 0 aromatic heterocycles. The Bertz CT molecular complexity index is 202. The standard InChI is InChI=1S/C9H16N2OS/c1-12-8-5-7(6-8)11-9-10-3-2-4-13-9/h7-8H,2-6H2,1H3,(H,10,11). The first-order valence-electron chi connectivity index (χ1n) is 4.85. The van der Waals surface area contributed by atoms with Crippen LogP contribution >= 0.6 is 11.8 Å². The van der Waals surface area contributed by atoms with Gasteiger partial charge in [0, 0.05) is 25.4 Å². The SMILES string of the molecule is COC1CC(NC2=NCCCS2)C1. The van der Waals surface area contributed by atoms with Crippen molar-refractivity contribution in [3.05, 3.63) is 0 Å². The number of rotatable bonds is 2. The molecule has 13 heavy (non-hydrogen) atoms. The minimum Gasteiger partial charge on any atom is -0.381 e. The quantitative estimate of drug-likeness (QED) is 0.728. The number of nitrogens with one attached hydrogen (secondary N) is 1. The van der Waals surface area contributed by atoms with Crippen LogP contribution in [-0.2, 0) is 4.74 Å². The van der Waals surface area contributed by atoms with Crippen LogP contribution < -0.4 is 5.32 Å². The van der Waals surface area contributed by atoms with Crippen LogP contribution in [-0.4, -0.2) is 36.7 Å². The molecular weight excluding hydrogens is 184 g/mol. The predicted molar refractivity (Wildman–Crippen MR) is 56.3 cm³/mol. The third-order valence-electron chi connectivity index (χ3n) is 2.55. The van der Waals surface area contributed by atoms with Crippen LogP contribution in [0.15, 0.2) is 4.99 Å². The molecule has 0 amide bonds. The Balaban J connectivity index is 1.70. The van der Waals surface area contributed by atoms with Gasteiger partial charge in [-0.3, -0.25) is 4.99 Å². The molecule has 1 N–H and O–H groups in total. The first kappa shape index (κ1) is 9.34. The summed E-state index contributed by atoms with van der Waals surface area (Å²) in [5.41, 5.74) is 0. The van der Waals surface area contributed by atoms with Gasteiger partial charge in [0.15, 0.2) is 5.17 Å². The van der Waals surface area contributed by atoms with E-state index in [1.54, 1.807) is 7.11 Å². The topological polar surface area (TPSA) is 33.6 Å². The van der Waals surface area contributed by atoms with Gasteiger partial charge in [0.2, 0.25) is 0 Å². The maximum Gasteiger partial charge on any atom is 0.156 e. The molecule has 0 bridgehead atoms. The van der Waals surface area contributed by atoms with Crippen molar-refractivity contribution in [1.29, 1.82) is 0 Å². The van der Waals surface area contributed by atoms with Crippen molar-refractivity contribution < 1.29 is 4.74 Å². The summed E-state index contributed by atoms with van der Waals surface area (Å²) in [6.07, 6.45) is 3.97. The largest absolute Gasteiger partial charge is 0.381 e. The molecule has 1 heterocycles. The molecule has 1 saturated carbocycles. The Morgan fingerprint density at radius 1 is 1.54 bits per heavy atom. The van der Waals surface area contributed by atoms with Gasteiger partial charge < -0.3 is 10.1 Å². The van der Waals surface area contributed by atoms with Crippen molar-refractivity contribution in [2.24, 2.45) is 4.99 Å². The van der Waals surface area contributed by atoms with Crippen LogP contribution in [0.1, 0.15) is 19.3 Å². The van der Waals surface area contributed by atoms with E-state index in [0.29, 0.717) is 12.1 Å². The smallest absolute Gasteiger partial charge is 0.156 e. The van der Waals surface area contributed by atoms with Crippen molar-refractivity contribution in [3.8, 4) is 0 Å². The normalized spacial score (nSPS) is 33.5. The lowest BCUT2D eigenvalue weighted by Crippen LogP contribution is -2.47. The van der Waals surface area contributed by atoms with Gasteiger partial charge in [-0.25, -0.2) is 0 Å². The fourth-order valence-electron chi connectivity index (χ4n) is 1.60. The Kier molecular flexibility index (Phi) is 3.11. The second-order valence-corrected chi connectivity index (χ2v) is 4.64. The molecule has 4 heteroatoms. The molecule has 0 unspecified atom stereocenters. The second kappa shape index (κ2) is 4.33. The number of hydrogen-bond donors (Lipinski definition) is 1. The zero-order valence-electron chi connectivity index (χ0n) is 7.95. The minimum atomic E-state index is 0.478. The van der Waals surface area contributed by atoms with Crippen LogP contribution in [0.3, 0.4) is 0 Å². The first-order chi connectivity index (χ1) is 6.38. The number of amidine groups is 1. The van der Waals surface area contributed by atoms with Crippen LogP contribution in [0.4, 0.5) is 0 Å². The number of methoxy groups -OCH3 is 1. The summed E-state index contributed by atoms with van der Waals surface area (Å²) in [6, 6.07) is 0.606. The summed E-state index contributed by atoms with van der Waals surface area (Å²) >= 11 is 1.85. The molecule has 74 valence electrons. The zero-order valence-corrected chi connectivity index (χ0v) is 8.77. The van der Waals surface area contributed by atoms with E-state index in [9.17, 15) is 0 Å². The molecule has 0 aromatic rings. The molecule has 3 nitrogen and oxygen atoms in total. The monoisotopic (exact) mass is 200 g/mol. The number of thioether (sulfide) groups is 1. The predicted octanol–water partition coefficient (Wildman–Crippen LogP) is 1.25. The van der Waals surface area contributed by atoms with Crippen molar-refractivity contribution in [2.75, 3.05) is 19.4 Å². The van der Waals surface area contributed by atoms with Crippen molar-refractivity contribution in [2.45, 2.75) is 31.4 Å². The Morgan fingerprint density at radius 3 is 3.00 bits per heavy atom. The van der Waals surface area contributed by atoms with E-state index in [-0.39, 0.29) is 0 Å². The van der Waals surface area contributed by atoms with Gasteiger partial charge in [-0.1, -0.05) is 11.8 Å². The minimum absolute atomic E-state index is 0.478. The van der Waals surface area contributed by atoms with Gasteiger partial charge >= 0.3 is 0 Å². The lowest BCUT2D eigenvalue weighted by Gasteiger charge is -2.35. The third-order valence-corrected chi connectivity index (χ3v) is 3.57. The highest BCUT2D eigenvalue weighted by atomic mass is 32.2. The number of aliphatic imine (C=N–C) groups is 1. The molecule has 2 rings (SSSR count). The zero-order chi connectivity index (χ0) is 9.10. The van der Waals surface area contributed by atoms with Gasteiger partial charge in [-0.05, 0) is 19.3 Å². The maximum atomic E-state index is 5.22. The number of ether oxygens (including phenoxy) is 1. The van der Waals surface area contributed by atoms with Crippen LogP contribution in [0.25, 0.3) is 0 Å². The first-order valence-corrected chi connectivity index (χ1v) is 5.83. The molecular formula is C9H16N2OS. The molecule has 0 spiro atoms. The average molecular weight is 200 g/mol. The molecule has 0 saturated heterocycles. The summed E-state index contributed by atoms with van der Waals surface area (Å²) in [5, 5.41) is 4.60. The highest BCUT2D eigenvalue weighted by molar-refractivity contribution is 8.13. The molecule has 1 aliphatic heterocycles. The van der Waals surface area contributed by atoms with Gasteiger partial charge in [0.05, 0.1) is 6.10 Å². The van der Waals surface area contributed by atoms with Crippen molar-refractivity contribution in [3.63, 3.8) is 0 Å². The third kappa shape index (κ3) is 2.38. The molecule has 1 aliphatic carbocycles. The van der Waals surface area contributed by atoms with Crippen LogP contribution in [0.5, 0.6) is 0 Å². The summed E-state index contributed by atoms with van der Waals surface area (Å²) < 4.78 is 5.22. The maximum absolute atomic E-state index is 5.22. The summed E-state index contributed by atoms with van der Waals surface area (Å²) in [5.74, 6) is 1.21. The summed E-state index contributed by atoms with van der Waals surface area (Å²) in [4.78, 5) is 4.43. The van der Waals surface area contributed by atoms with E-state index < -0.39 is 0 Å². The van der Waals surface area contributed by atoms with Crippen LogP contribution in [0.2, 0.25) is 0 Å². The fourth-order valence-corrected chi connectivity index (χ4v) is 2.50.